The van der Waals surface area contributed by atoms with Crippen molar-refractivity contribution in [3.05, 3.63) is 29.8 Å². The molecule has 0 saturated carbocycles. The molecule has 1 aromatic carbocycles. The molecule has 88 valence electrons. The van der Waals surface area contributed by atoms with Crippen LogP contribution < -0.4 is 10.1 Å². The van der Waals surface area contributed by atoms with Crippen molar-refractivity contribution in [3.63, 3.8) is 0 Å². The van der Waals surface area contributed by atoms with Crippen LogP contribution in [0.2, 0.25) is 0 Å². The van der Waals surface area contributed by atoms with E-state index in [0.29, 0.717) is 12.1 Å². The molecule has 16 heavy (non-hydrogen) atoms. The van der Waals surface area contributed by atoms with Crippen molar-refractivity contribution < 1.29 is 9.47 Å². The largest absolute Gasteiger partial charge is 0.491 e. The number of rotatable bonds is 5. The van der Waals surface area contributed by atoms with Crippen LogP contribution in [-0.2, 0) is 4.74 Å². The van der Waals surface area contributed by atoms with E-state index in [1.807, 2.05) is 12.1 Å². The standard InChI is InChI=1S/C13H19NO2/c1-3-10(8-15-2)14-12-9-16-13-7-5-4-6-11(12)13/h4-7,10,12,14H,3,8-9H2,1-2H3. The molecular weight excluding hydrogens is 202 g/mol. The fraction of sp³-hybridized carbons (Fsp3) is 0.538. The van der Waals surface area contributed by atoms with E-state index in [2.05, 4.69) is 24.4 Å². The van der Waals surface area contributed by atoms with E-state index in [0.717, 1.165) is 25.4 Å². The summed E-state index contributed by atoms with van der Waals surface area (Å²) in [6.07, 6.45) is 1.06. The molecule has 0 aromatic heterocycles. The van der Waals surface area contributed by atoms with Gasteiger partial charge in [0.05, 0.1) is 12.6 Å². The topological polar surface area (TPSA) is 30.5 Å². The normalized spacial score (nSPS) is 20.2. The van der Waals surface area contributed by atoms with Crippen molar-refractivity contribution in [1.29, 1.82) is 0 Å². The molecule has 0 saturated heterocycles. The third kappa shape index (κ3) is 2.36. The Kier molecular flexibility index (Phi) is 3.80. The monoisotopic (exact) mass is 221 g/mol. The maximum atomic E-state index is 5.63. The Morgan fingerprint density at radius 1 is 1.50 bits per heavy atom. The number of methoxy groups -OCH3 is 1. The second-order valence-corrected chi connectivity index (χ2v) is 4.13. The Morgan fingerprint density at radius 2 is 2.31 bits per heavy atom. The molecule has 2 rings (SSSR count). The number of hydrogen-bond acceptors (Lipinski definition) is 3. The molecule has 1 aliphatic rings. The zero-order valence-electron chi connectivity index (χ0n) is 9.90. The van der Waals surface area contributed by atoms with Crippen LogP contribution in [0.15, 0.2) is 24.3 Å². The Bertz CT molecular complexity index is 340. The lowest BCUT2D eigenvalue weighted by molar-refractivity contribution is 0.154. The van der Waals surface area contributed by atoms with E-state index in [-0.39, 0.29) is 0 Å². The smallest absolute Gasteiger partial charge is 0.124 e. The first kappa shape index (κ1) is 11.4. The number of hydrogen-bond donors (Lipinski definition) is 1. The average molecular weight is 221 g/mol. The van der Waals surface area contributed by atoms with Crippen molar-refractivity contribution in [1.82, 2.24) is 5.32 Å². The van der Waals surface area contributed by atoms with E-state index in [4.69, 9.17) is 9.47 Å². The van der Waals surface area contributed by atoms with Gasteiger partial charge >= 0.3 is 0 Å². The fourth-order valence-corrected chi connectivity index (χ4v) is 2.07. The summed E-state index contributed by atoms with van der Waals surface area (Å²) in [5, 5.41) is 3.57. The second kappa shape index (κ2) is 5.32. The van der Waals surface area contributed by atoms with Crippen LogP contribution in [0.3, 0.4) is 0 Å². The van der Waals surface area contributed by atoms with Crippen molar-refractivity contribution in [2.24, 2.45) is 0 Å². The second-order valence-electron chi connectivity index (χ2n) is 4.13. The van der Waals surface area contributed by atoms with Gasteiger partial charge < -0.3 is 14.8 Å². The molecule has 3 heteroatoms. The quantitative estimate of drug-likeness (QED) is 0.826. The average Bonchev–Trinajstić information content (AvgIpc) is 2.72. The Labute approximate surface area is 96.8 Å². The fourth-order valence-electron chi connectivity index (χ4n) is 2.07. The van der Waals surface area contributed by atoms with E-state index in [1.165, 1.54) is 5.56 Å². The Balaban J connectivity index is 2.02. The minimum absolute atomic E-state index is 0.302. The molecule has 0 spiro atoms. The Morgan fingerprint density at radius 3 is 3.06 bits per heavy atom. The zero-order valence-corrected chi connectivity index (χ0v) is 9.90. The van der Waals surface area contributed by atoms with Crippen LogP contribution in [0, 0.1) is 0 Å². The van der Waals surface area contributed by atoms with Gasteiger partial charge in [0.2, 0.25) is 0 Å². The zero-order chi connectivity index (χ0) is 11.4. The first-order valence-corrected chi connectivity index (χ1v) is 5.81. The lowest BCUT2D eigenvalue weighted by atomic mass is 10.1. The lowest BCUT2D eigenvalue weighted by Gasteiger charge is -2.20. The summed E-state index contributed by atoms with van der Waals surface area (Å²) in [5.41, 5.74) is 1.26. The predicted molar refractivity (Wildman–Crippen MR) is 63.8 cm³/mol. The van der Waals surface area contributed by atoms with Gasteiger partial charge in [-0.25, -0.2) is 0 Å². The van der Waals surface area contributed by atoms with Gasteiger partial charge in [0.15, 0.2) is 0 Å². The number of para-hydroxylation sites is 1. The molecule has 1 aliphatic heterocycles. The van der Waals surface area contributed by atoms with Crippen LogP contribution in [0.5, 0.6) is 5.75 Å². The van der Waals surface area contributed by atoms with Crippen LogP contribution in [-0.4, -0.2) is 26.4 Å². The summed E-state index contributed by atoms with van der Waals surface area (Å²) in [6, 6.07) is 8.90. The first-order valence-electron chi connectivity index (χ1n) is 5.81. The maximum Gasteiger partial charge on any atom is 0.124 e. The molecule has 2 unspecified atom stereocenters. The molecule has 1 aromatic rings. The van der Waals surface area contributed by atoms with Crippen LogP contribution >= 0.6 is 0 Å². The molecule has 0 amide bonds. The summed E-state index contributed by atoms with van der Waals surface area (Å²) in [6.45, 7) is 3.63. The van der Waals surface area contributed by atoms with E-state index < -0.39 is 0 Å². The van der Waals surface area contributed by atoms with Crippen molar-refractivity contribution in [3.8, 4) is 5.75 Å². The van der Waals surface area contributed by atoms with Gasteiger partial charge in [-0.05, 0) is 12.5 Å². The lowest BCUT2D eigenvalue weighted by Crippen LogP contribution is -2.36. The van der Waals surface area contributed by atoms with Crippen molar-refractivity contribution in [2.75, 3.05) is 20.3 Å². The van der Waals surface area contributed by atoms with Gasteiger partial charge in [-0.1, -0.05) is 25.1 Å². The van der Waals surface area contributed by atoms with Gasteiger partial charge in [-0.3, -0.25) is 0 Å². The highest BCUT2D eigenvalue weighted by Gasteiger charge is 2.25. The van der Waals surface area contributed by atoms with Gasteiger partial charge in [-0.15, -0.1) is 0 Å². The summed E-state index contributed by atoms with van der Waals surface area (Å²) in [4.78, 5) is 0. The molecule has 3 nitrogen and oxygen atoms in total. The molecule has 0 radical (unpaired) electrons. The minimum Gasteiger partial charge on any atom is -0.491 e. The highest BCUT2D eigenvalue weighted by atomic mass is 16.5. The number of benzene rings is 1. The van der Waals surface area contributed by atoms with E-state index in [1.54, 1.807) is 7.11 Å². The predicted octanol–water partition coefficient (Wildman–Crippen LogP) is 2.13. The summed E-state index contributed by atoms with van der Waals surface area (Å²) in [5.74, 6) is 1.01. The molecular formula is C13H19NO2. The van der Waals surface area contributed by atoms with Gasteiger partial charge in [0, 0.05) is 18.7 Å². The SMILES string of the molecule is CCC(COC)NC1COc2ccccc21. The van der Waals surface area contributed by atoms with E-state index in [9.17, 15) is 0 Å². The van der Waals surface area contributed by atoms with Crippen LogP contribution in [0.25, 0.3) is 0 Å². The van der Waals surface area contributed by atoms with Crippen molar-refractivity contribution in [2.45, 2.75) is 25.4 Å². The molecule has 0 fully saturated rings. The van der Waals surface area contributed by atoms with Crippen molar-refractivity contribution >= 4 is 0 Å². The number of nitrogens with one attached hydrogen (secondary N) is 1. The third-order valence-electron chi connectivity index (χ3n) is 3.00. The first-order chi connectivity index (χ1) is 7.85. The molecule has 1 N–H and O–H groups in total. The molecule has 0 bridgehead atoms. The van der Waals surface area contributed by atoms with Gasteiger partial charge in [-0.2, -0.15) is 0 Å². The number of fused-ring (bicyclic) bond motifs is 1. The molecule has 2 atom stereocenters. The molecule has 0 aliphatic carbocycles. The summed E-state index contributed by atoms with van der Waals surface area (Å²) >= 11 is 0. The number of ether oxygens (including phenoxy) is 2. The van der Waals surface area contributed by atoms with Crippen LogP contribution in [0.1, 0.15) is 24.9 Å². The third-order valence-corrected chi connectivity index (χ3v) is 3.00. The highest BCUT2D eigenvalue weighted by Crippen LogP contribution is 2.31. The highest BCUT2D eigenvalue weighted by molar-refractivity contribution is 5.39. The summed E-state index contributed by atoms with van der Waals surface area (Å²) < 4.78 is 10.8. The van der Waals surface area contributed by atoms with E-state index >= 15 is 0 Å². The molecule has 1 heterocycles. The Hall–Kier alpha value is -1.06. The maximum absolute atomic E-state index is 5.63. The summed E-state index contributed by atoms with van der Waals surface area (Å²) in [7, 11) is 1.74. The van der Waals surface area contributed by atoms with Crippen LogP contribution in [0.4, 0.5) is 0 Å². The minimum atomic E-state index is 0.302. The van der Waals surface area contributed by atoms with Gasteiger partial charge in [0.25, 0.3) is 0 Å². The van der Waals surface area contributed by atoms with Gasteiger partial charge in [0.1, 0.15) is 12.4 Å².